The first-order chi connectivity index (χ1) is 9.54. The molecule has 2 unspecified atom stereocenters. The van der Waals surface area contributed by atoms with E-state index in [1.807, 2.05) is 0 Å². The summed E-state index contributed by atoms with van der Waals surface area (Å²) >= 11 is 0. The number of ether oxygens (including phenoxy) is 1. The summed E-state index contributed by atoms with van der Waals surface area (Å²) in [6.45, 7) is 8.08. The molecular weight excluding hydrogens is 257 g/mol. The first kappa shape index (κ1) is 16.9. The first-order valence-corrected chi connectivity index (χ1v) is 7.29. The molecule has 0 bridgehead atoms. The van der Waals surface area contributed by atoms with Crippen molar-refractivity contribution in [3.8, 4) is 5.75 Å². The Kier molecular flexibility index (Phi) is 6.96. The number of halogens is 1. The van der Waals surface area contributed by atoms with Gasteiger partial charge in [0.25, 0.3) is 0 Å². The molecule has 0 heterocycles. The van der Waals surface area contributed by atoms with E-state index in [2.05, 4.69) is 25.7 Å². The molecule has 20 heavy (non-hydrogen) atoms. The highest BCUT2D eigenvalue weighted by Crippen LogP contribution is 2.30. The molecule has 0 aliphatic carbocycles. The van der Waals surface area contributed by atoms with Crippen LogP contribution in [-0.2, 0) is 0 Å². The smallest absolute Gasteiger partial charge is 0.132 e. The number of methoxy groups -OCH3 is 1. The van der Waals surface area contributed by atoms with Gasteiger partial charge in [-0.3, -0.25) is 0 Å². The number of aliphatic hydroxyl groups is 1. The van der Waals surface area contributed by atoms with Crippen LogP contribution in [0.3, 0.4) is 0 Å². The van der Waals surface area contributed by atoms with Crippen molar-refractivity contribution >= 4 is 0 Å². The van der Waals surface area contributed by atoms with E-state index in [4.69, 9.17) is 4.74 Å². The minimum atomic E-state index is -0.843. The third kappa shape index (κ3) is 4.18. The van der Waals surface area contributed by atoms with E-state index < -0.39 is 11.9 Å². The maximum absolute atomic E-state index is 13.9. The molecule has 114 valence electrons. The van der Waals surface area contributed by atoms with E-state index in [1.165, 1.54) is 13.2 Å². The molecule has 4 heteroatoms. The average Bonchev–Trinajstić information content (AvgIpc) is 2.46. The summed E-state index contributed by atoms with van der Waals surface area (Å²) in [4.78, 5) is 2.29. The topological polar surface area (TPSA) is 32.7 Å². The molecule has 0 amide bonds. The van der Waals surface area contributed by atoms with Crippen LogP contribution in [0.4, 0.5) is 4.39 Å². The maximum atomic E-state index is 13.9. The van der Waals surface area contributed by atoms with Crippen molar-refractivity contribution in [1.29, 1.82) is 0 Å². The summed E-state index contributed by atoms with van der Waals surface area (Å²) in [5.41, 5.74) is 0.259. The van der Waals surface area contributed by atoms with E-state index in [-0.39, 0.29) is 5.56 Å². The Morgan fingerprint density at radius 1 is 1.35 bits per heavy atom. The summed E-state index contributed by atoms with van der Waals surface area (Å²) in [5.74, 6) is -0.00692. The number of rotatable bonds is 8. The normalized spacial score (nSPS) is 14.3. The Morgan fingerprint density at radius 2 is 2.05 bits per heavy atom. The maximum Gasteiger partial charge on any atom is 0.132 e. The molecule has 0 saturated heterocycles. The zero-order valence-electron chi connectivity index (χ0n) is 12.9. The molecule has 0 spiro atoms. The molecule has 0 aliphatic heterocycles. The third-order valence-corrected chi connectivity index (χ3v) is 3.88. The van der Waals surface area contributed by atoms with Crippen LogP contribution in [-0.4, -0.2) is 36.2 Å². The van der Waals surface area contributed by atoms with Gasteiger partial charge in [0.1, 0.15) is 11.6 Å². The predicted octanol–water partition coefficient (Wildman–Crippen LogP) is 3.38. The molecule has 0 aliphatic rings. The molecule has 1 aromatic carbocycles. The quantitative estimate of drug-likeness (QED) is 0.794. The van der Waals surface area contributed by atoms with Crippen LogP contribution < -0.4 is 4.74 Å². The second-order valence-corrected chi connectivity index (χ2v) is 5.05. The lowest BCUT2D eigenvalue weighted by Gasteiger charge is -2.28. The van der Waals surface area contributed by atoms with E-state index in [0.29, 0.717) is 18.2 Å². The average molecular weight is 283 g/mol. The van der Waals surface area contributed by atoms with Gasteiger partial charge in [-0.25, -0.2) is 4.39 Å². The predicted molar refractivity (Wildman–Crippen MR) is 79.5 cm³/mol. The molecule has 1 rings (SSSR count). The van der Waals surface area contributed by atoms with Crippen molar-refractivity contribution < 1.29 is 14.2 Å². The van der Waals surface area contributed by atoms with Crippen molar-refractivity contribution in [2.75, 3.05) is 20.2 Å². The van der Waals surface area contributed by atoms with E-state index in [0.717, 1.165) is 19.5 Å². The zero-order valence-corrected chi connectivity index (χ0v) is 12.9. The summed E-state index contributed by atoms with van der Waals surface area (Å²) in [7, 11) is 1.49. The van der Waals surface area contributed by atoms with Gasteiger partial charge in [0.05, 0.1) is 18.8 Å². The zero-order chi connectivity index (χ0) is 15.1. The number of hydrogen-bond donors (Lipinski definition) is 1. The first-order valence-electron chi connectivity index (χ1n) is 7.29. The number of aliphatic hydroxyl groups excluding tert-OH is 1. The molecule has 1 N–H and O–H groups in total. The lowest BCUT2D eigenvalue weighted by atomic mass is 10.0. The fourth-order valence-electron chi connectivity index (χ4n) is 2.40. The van der Waals surface area contributed by atoms with E-state index >= 15 is 0 Å². The highest BCUT2D eigenvalue weighted by Gasteiger charge is 2.19. The summed E-state index contributed by atoms with van der Waals surface area (Å²) in [6.07, 6.45) is 0.715. The lowest BCUT2D eigenvalue weighted by molar-refractivity contribution is 0.123. The molecule has 3 nitrogen and oxygen atoms in total. The second kappa shape index (κ2) is 8.22. The number of benzene rings is 1. The fourth-order valence-corrected chi connectivity index (χ4v) is 2.40. The van der Waals surface area contributed by atoms with Gasteiger partial charge in [0.15, 0.2) is 0 Å². The fraction of sp³-hybridized carbons (Fsp3) is 0.625. The van der Waals surface area contributed by atoms with Crippen LogP contribution in [0, 0.1) is 5.82 Å². The Morgan fingerprint density at radius 3 is 2.60 bits per heavy atom. The van der Waals surface area contributed by atoms with Crippen molar-refractivity contribution in [3.05, 3.63) is 29.6 Å². The van der Waals surface area contributed by atoms with Crippen molar-refractivity contribution in [2.24, 2.45) is 0 Å². The SMILES string of the molecule is CCC(C)N(CC)CCC(O)c1c(F)cccc1OC. The van der Waals surface area contributed by atoms with Crippen LogP contribution >= 0.6 is 0 Å². The Balaban J connectivity index is 2.74. The van der Waals surface area contributed by atoms with Gasteiger partial charge in [-0.1, -0.05) is 19.9 Å². The van der Waals surface area contributed by atoms with Gasteiger partial charge in [-0.05, 0) is 38.4 Å². The highest BCUT2D eigenvalue weighted by molar-refractivity contribution is 5.36. The number of hydrogen-bond acceptors (Lipinski definition) is 3. The van der Waals surface area contributed by atoms with E-state index in [9.17, 15) is 9.50 Å². The Bertz CT molecular complexity index is 411. The van der Waals surface area contributed by atoms with Crippen LogP contribution in [0.15, 0.2) is 18.2 Å². The molecule has 0 radical (unpaired) electrons. The van der Waals surface area contributed by atoms with Gasteiger partial charge in [0, 0.05) is 12.6 Å². The van der Waals surface area contributed by atoms with Gasteiger partial charge in [0.2, 0.25) is 0 Å². The van der Waals surface area contributed by atoms with Crippen LogP contribution in [0.1, 0.15) is 45.3 Å². The Hall–Kier alpha value is -1.13. The molecule has 0 fully saturated rings. The third-order valence-electron chi connectivity index (χ3n) is 3.88. The summed E-state index contributed by atoms with van der Waals surface area (Å²) in [6, 6.07) is 5.08. The molecular formula is C16H26FNO2. The standard InChI is InChI=1S/C16H26FNO2/c1-5-12(3)18(6-2)11-10-14(19)16-13(17)8-7-9-15(16)20-4/h7-9,12,14,19H,5-6,10-11H2,1-4H3. The monoisotopic (exact) mass is 283 g/mol. The largest absolute Gasteiger partial charge is 0.496 e. The molecule has 0 saturated carbocycles. The highest BCUT2D eigenvalue weighted by atomic mass is 19.1. The Labute approximate surface area is 121 Å². The summed E-state index contributed by atoms with van der Waals surface area (Å²) < 4.78 is 19.0. The van der Waals surface area contributed by atoms with E-state index in [1.54, 1.807) is 12.1 Å². The minimum absolute atomic E-state index is 0.259. The van der Waals surface area contributed by atoms with Crippen molar-refractivity contribution in [1.82, 2.24) is 4.90 Å². The molecule has 0 aromatic heterocycles. The van der Waals surface area contributed by atoms with Gasteiger partial charge in [-0.2, -0.15) is 0 Å². The van der Waals surface area contributed by atoms with Gasteiger partial charge in [-0.15, -0.1) is 0 Å². The second-order valence-electron chi connectivity index (χ2n) is 5.05. The minimum Gasteiger partial charge on any atom is -0.496 e. The molecule has 2 atom stereocenters. The van der Waals surface area contributed by atoms with Crippen LogP contribution in [0.5, 0.6) is 5.75 Å². The van der Waals surface area contributed by atoms with Crippen molar-refractivity contribution in [3.63, 3.8) is 0 Å². The van der Waals surface area contributed by atoms with Crippen LogP contribution in [0.2, 0.25) is 0 Å². The van der Waals surface area contributed by atoms with Gasteiger partial charge >= 0.3 is 0 Å². The van der Waals surface area contributed by atoms with Crippen LogP contribution in [0.25, 0.3) is 0 Å². The molecule has 1 aromatic rings. The van der Waals surface area contributed by atoms with Gasteiger partial charge < -0.3 is 14.7 Å². The lowest BCUT2D eigenvalue weighted by Crippen LogP contribution is -2.34. The summed E-state index contributed by atoms with van der Waals surface area (Å²) in [5, 5.41) is 10.3. The number of nitrogens with zero attached hydrogens (tertiary/aromatic N) is 1. The van der Waals surface area contributed by atoms with Crippen molar-refractivity contribution in [2.45, 2.75) is 45.8 Å².